The molecule has 0 saturated carbocycles. The molecule has 1 aliphatic heterocycles. The molecule has 0 atom stereocenters. The largest absolute Gasteiger partial charge is 0.466 e. The molecule has 1 saturated heterocycles. The van der Waals surface area contributed by atoms with Gasteiger partial charge in [-0.05, 0) is 39.2 Å². The first-order valence-corrected chi connectivity index (χ1v) is 9.55. The fraction of sp³-hybridized carbons (Fsp3) is 0.611. The molecule has 0 radical (unpaired) electrons. The lowest BCUT2D eigenvalue weighted by Crippen LogP contribution is -2.37. The number of piperidine rings is 1. The first-order valence-electron chi connectivity index (χ1n) is 8.73. The molecule has 5 nitrogen and oxygen atoms in total. The number of aromatic nitrogens is 2. The summed E-state index contributed by atoms with van der Waals surface area (Å²) < 4.78 is 5.17. The minimum Gasteiger partial charge on any atom is -0.466 e. The van der Waals surface area contributed by atoms with Crippen molar-refractivity contribution in [3.63, 3.8) is 0 Å². The third-order valence-corrected chi connectivity index (χ3v) is 5.89. The van der Waals surface area contributed by atoms with Crippen LogP contribution < -0.4 is 4.90 Å². The highest BCUT2D eigenvalue weighted by atomic mass is 32.1. The van der Waals surface area contributed by atoms with E-state index in [0.717, 1.165) is 48.8 Å². The fourth-order valence-electron chi connectivity index (χ4n) is 3.25. The Balaban J connectivity index is 1.89. The number of carbonyl (C=O) groups is 1. The molecule has 2 aromatic heterocycles. The van der Waals surface area contributed by atoms with Crippen LogP contribution in [-0.4, -0.2) is 35.6 Å². The molecule has 3 rings (SSSR count). The van der Waals surface area contributed by atoms with E-state index in [-0.39, 0.29) is 11.9 Å². The third kappa shape index (κ3) is 3.11. The van der Waals surface area contributed by atoms with Crippen LogP contribution in [0.4, 0.5) is 5.82 Å². The number of carbonyl (C=O) groups excluding carboxylic acids is 1. The van der Waals surface area contributed by atoms with Crippen LogP contribution in [-0.2, 0) is 16.0 Å². The Morgan fingerprint density at radius 1 is 1.25 bits per heavy atom. The van der Waals surface area contributed by atoms with Crippen LogP contribution in [0.3, 0.4) is 0 Å². The number of anilines is 1. The molecule has 24 heavy (non-hydrogen) atoms. The van der Waals surface area contributed by atoms with E-state index in [2.05, 4.69) is 25.7 Å². The minimum absolute atomic E-state index is 0.0227. The van der Waals surface area contributed by atoms with Crippen molar-refractivity contribution in [2.75, 3.05) is 24.6 Å². The van der Waals surface area contributed by atoms with Crippen LogP contribution in [0.15, 0.2) is 0 Å². The molecular weight excluding hydrogens is 322 g/mol. The van der Waals surface area contributed by atoms with E-state index in [4.69, 9.17) is 14.7 Å². The van der Waals surface area contributed by atoms with Crippen LogP contribution in [0.25, 0.3) is 10.2 Å². The zero-order chi connectivity index (χ0) is 17.3. The molecule has 2 aromatic rings. The average molecular weight is 347 g/mol. The van der Waals surface area contributed by atoms with Gasteiger partial charge in [0.1, 0.15) is 16.5 Å². The van der Waals surface area contributed by atoms with Crippen molar-refractivity contribution in [3.05, 3.63) is 16.3 Å². The van der Waals surface area contributed by atoms with Gasteiger partial charge in [0.15, 0.2) is 0 Å². The van der Waals surface area contributed by atoms with E-state index >= 15 is 0 Å². The number of esters is 1. The standard InChI is InChI=1S/C18H25N3O2S/c1-5-14-19-16(15-11(3)12(4)24-17(15)20-14)21-9-7-13(8-10-21)18(22)23-6-2/h13H,5-10H2,1-4H3. The highest BCUT2D eigenvalue weighted by Gasteiger charge is 2.28. The summed E-state index contributed by atoms with van der Waals surface area (Å²) in [5.41, 5.74) is 1.28. The van der Waals surface area contributed by atoms with E-state index in [1.54, 1.807) is 11.3 Å². The maximum Gasteiger partial charge on any atom is 0.309 e. The molecule has 1 aliphatic rings. The molecule has 6 heteroatoms. The van der Waals surface area contributed by atoms with Gasteiger partial charge in [-0.1, -0.05) is 6.92 Å². The lowest BCUT2D eigenvalue weighted by molar-refractivity contribution is -0.148. The van der Waals surface area contributed by atoms with Gasteiger partial charge in [0.05, 0.1) is 17.9 Å². The summed E-state index contributed by atoms with van der Waals surface area (Å²) in [5.74, 6) is 1.91. The number of rotatable bonds is 4. The van der Waals surface area contributed by atoms with E-state index in [0.29, 0.717) is 6.61 Å². The molecule has 0 unspecified atom stereocenters. The second-order valence-electron chi connectivity index (χ2n) is 6.29. The summed E-state index contributed by atoms with van der Waals surface area (Å²) in [5, 5.41) is 1.18. The molecular formula is C18H25N3O2S. The van der Waals surface area contributed by atoms with Crippen LogP contribution >= 0.6 is 11.3 Å². The third-order valence-electron chi connectivity index (χ3n) is 4.79. The number of nitrogens with zero attached hydrogens (tertiary/aromatic N) is 3. The molecule has 0 N–H and O–H groups in total. The Labute approximate surface area is 147 Å². The van der Waals surface area contributed by atoms with Gasteiger partial charge >= 0.3 is 5.97 Å². The second kappa shape index (κ2) is 7.05. The summed E-state index contributed by atoms with van der Waals surface area (Å²) in [7, 11) is 0. The number of aryl methyl sites for hydroxylation is 3. The van der Waals surface area contributed by atoms with Crippen molar-refractivity contribution < 1.29 is 9.53 Å². The Hall–Kier alpha value is -1.69. The monoisotopic (exact) mass is 347 g/mol. The molecule has 3 heterocycles. The van der Waals surface area contributed by atoms with E-state index in [1.807, 2.05) is 6.92 Å². The number of fused-ring (bicyclic) bond motifs is 1. The maximum absolute atomic E-state index is 11.9. The predicted octanol–water partition coefficient (Wildman–Crippen LogP) is 3.65. The molecule has 0 spiro atoms. The van der Waals surface area contributed by atoms with Crippen molar-refractivity contribution in [1.29, 1.82) is 0 Å². The lowest BCUT2D eigenvalue weighted by atomic mass is 9.97. The summed E-state index contributed by atoms with van der Waals surface area (Å²) in [4.78, 5) is 26.2. The Kier molecular flexibility index (Phi) is 5.04. The predicted molar refractivity (Wildman–Crippen MR) is 97.8 cm³/mol. The van der Waals surface area contributed by atoms with Crippen LogP contribution in [0.1, 0.15) is 43.0 Å². The Morgan fingerprint density at radius 3 is 2.58 bits per heavy atom. The quantitative estimate of drug-likeness (QED) is 0.790. The molecule has 130 valence electrons. The smallest absolute Gasteiger partial charge is 0.309 e. The molecule has 0 bridgehead atoms. The molecule has 0 amide bonds. The highest BCUT2D eigenvalue weighted by Crippen LogP contribution is 2.36. The van der Waals surface area contributed by atoms with Gasteiger partial charge in [-0.3, -0.25) is 4.79 Å². The normalized spacial score (nSPS) is 15.9. The Bertz CT molecular complexity index is 748. The summed E-state index contributed by atoms with van der Waals surface area (Å²) in [6.45, 7) is 10.4. The van der Waals surface area contributed by atoms with Gasteiger partial charge in [0, 0.05) is 24.4 Å². The molecule has 1 fully saturated rings. The first-order chi connectivity index (χ1) is 11.5. The summed E-state index contributed by atoms with van der Waals surface area (Å²) in [6, 6.07) is 0. The van der Waals surface area contributed by atoms with Crippen molar-refractivity contribution in [3.8, 4) is 0 Å². The van der Waals surface area contributed by atoms with E-state index in [1.165, 1.54) is 15.8 Å². The second-order valence-corrected chi connectivity index (χ2v) is 7.50. The number of thiophene rings is 1. The summed E-state index contributed by atoms with van der Waals surface area (Å²) in [6.07, 6.45) is 2.49. The maximum atomic E-state index is 11.9. The number of hydrogen-bond acceptors (Lipinski definition) is 6. The lowest BCUT2D eigenvalue weighted by Gasteiger charge is -2.32. The van der Waals surface area contributed by atoms with Crippen LogP contribution in [0.2, 0.25) is 0 Å². The van der Waals surface area contributed by atoms with Gasteiger partial charge in [0.2, 0.25) is 0 Å². The minimum atomic E-state index is -0.0539. The topological polar surface area (TPSA) is 55.3 Å². The highest BCUT2D eigenvalue weighted by molar-refractivity contribution is 7.18. The van der Waals surface area contributed by atoms with E-state index in [9.17, 15) is 4.79 Å². The first kappa shape index (κ1) is 17.1. The zero-order valence-electron chi connectivity index (χ0n) is 14.9. The molecule has 0 aliphatic carbocycles. The van der Waals surface area contributed by atoms with Gasteiger partial charge in [-0.25, -0.2) is 9.97 Å². The van der Waals surface area contributed by atoms with Crippen molar-refractivity contribution in [2.24, 2.45) is 5.92 Å². The van der Waals surface area contributed by atoms with Crippen LogP contribution in [0, 0.1) is 19.8 Å². The molecule has 0 aromatic carbocycles. The van der Waals surface area contributed by atoms with Gasteiger partial charge in [-0.15, -0.1) is 11.3 Å². The van der Waals surface area contributed by atoms with Crippen molar-refractivity contribution in [1.82, 2.24) is 9.97 Å². The SMILES string of the molecule is CCOC(=O)C1CCN(c2nc(CC)nc3sc(C)c(C)c23)CC1. The van der Waals surface area contributed by atoms with Gasteiger partial charge < -0.3 is 9.64 Å². The summed E-state index contributed by atoms with van der Waals surface area (Å²) >= 11 is 1.75. The fourth-order valence-corrected chi connectivity index (χ4v) is 4.29. The number of hydrogen-bond donors (Lipinski definition) is 0. The Morgan fingerprint density at radius 2 is 1.96 bits per heavy atom. The van der Waals surface area contributed by atoms with E-state index < -0.39 is 0 Å². The zero-order valence-corrected chi connectivity index (χ0v) is 15.7. The average Bonchev–Trinajstić information content (AvgIpc) is 2.88. The van der Waals surface area contributed by atoms with Gasteiger partial charge in [0.25, 0.3) is 0 Å². The van der Waals surface area contributed by atoms with Crippen molar-refractivity contribution >= 4 is 33.3 Å². The van der Waals surface area contributed by atoms with Crippen LogP contribution in [0.5, 0.6) is 0 Å². The number of ether oxygens (including phenoxy) is 1. The van der Waals surface area contributed by atoms with Gasteiger partial charge in [-0.2, -0.15) is 0 Å². The van der Waals surface area contributed by atoms with Crippen molar-refractivity contribution in [2.45, 2.75) is 47.0 Å².